The minimum absolute atomic E-state index is 0.0906. The number of fused-ring (bicyclic) bond motifs is 1. The van der Waals surface area contributed by atoms with E-state index in [1.165, 1.54) is 5.56 Å². The molecular weight excluding hydrogens is 348 g/mol. The van der Waals surface area contributed by atoms with Gasteiger partial charge in [0, 0.05) is 36.5 Å². The molecule has 0 radical (unpaired) electrons. The van der Waals surface area contributed by atoms with Crippen molar-refractivity contribution in [2.45, 2.75) is 26.7 Å². The number of nitrogens with zero attached hydrogens (tertiary/aromatic N) is 3. The van der Waals surface area contributed by atoms with Crippen LogP contribution in [0.1, 0.15) is 25.3 Å². The lowest BCUT2D eigenvalue weighted by Gasteiger charge is -2.31. The van der Waals surface area contributed by atoms with Gasteiger partial charge >= 0.3 is 0 Å². The molecule has 0 bridgehead atoms. The van der Waals surface area contributed by atoms with Crippen molar-refractivity contribution in [1.82, 2.24) is 15.3 Å². The summed E-state index contributed by atoms with van der Waals surface area (Å²) in [5, 5.41) is 4.02. The van der Waals surface area contributed by atoms with Crippen LogP contribution in [0.25, 0.3) is 22.2 Å². The Morgan fingerprint density at radius 1 is 1.11 bits per heavy atom. The summed E-state index contributed by atoms with van der Waals surface area (Å²) in [7, 11) is 0. The molecule has 0 atom stereocenters. The van der Waals surface area contributed by atoms with E-state index in [-0.39, 0.29) is 11.8 Å². The van der Waals surface area contributed by atoms with Crippen molar-refractivity contribution in [2.75, 3.05) is 24.5 Å². The van der Waals surface area contributed by atoms with Crippen LogP contribution < -0.4 is 10.2 Å². The smallest absolute Gasteiger partial charge is 0.226 e. The highest BCUT2D eigenvalue weighted by atomic mass is 16.1. The second kappa shape index (κ2) is 7.97. The fraction of sp³-hybridized carbons (Fsp3) is 0.348. The minimum atomic E-state index is 0.0906. The Morgan fingerprint density at radius 2 is 1.86 bits per heavy atom. The van der Waals surface area contributed by atoms with Gasteiger partial charge in [0.25, 0.3) is 0 Å². The van der Waals surface area contributed by atoms with Crippen molar-refractivity contribution in [3.8, 4) is 11.3 Å². The van der Waals surface area contributed by atoms with Gasteiger partial charge in [-0.3, -0.25) is 4.79 Å². The number of nitrogens with one attached hydrogen (secondary N) is 1. The maximum Gasteiger partial charge on any atom is 0.226 e. The van der Waals surface area contributed by atoms with Gasteiger partial charge in [0.05, 0.1) is 11.2 Å². The number of amides is 1. The molecule has 1 aromatic heterocycles. The van der Waals surface area contributed by atoms with Crippen molar-refractivity contribution >= 4 is 22.8 Å². The van der Waals surface area contributed by atoms with Crippen molar-refractivity contribution in [2.24, 2.45) is 5.92 Å². The number of rotatable bonds is 4. The van der Waals surface area contributed by atoms with Crippen LogP contribution >= 0.6 is 0 Å². The number of aryl methyl sites for hydroxylation is 1. The summed E-state index contributed by atoms with van der Waals surface area (Å²) in [6.45, 7) is 6.34. The highest BCUT2D eigenvalue weighted by Crippen LogP contribution is 2.30. The normalized spacial score (nSPS) is 15.0. The summed E-state index contributed by atoms with van der Waals surface area (Å²) in [5.74, 6) is 1.01. The SMILES string of the molecule is CCNC(=O)C1CCN(c2nc(-c3ccccc3)c3cc(C)ccc3n2)CC1. The van der Waals surface area contributed by atoms with E-state index in [1.54, 1.807) is 0 Å². The third-order valence-corrected chi connectivity index (χ3v) is 5.39. The Bertz CT molecular complexity index is 979. The molecule has 1 amide bonds. The maximum atomic E-state index is 12.1. The molecule has 3 aromatic rings. The predicted molar refractivity (Wildman–Crippen MR) is 113 cm³/mol. The molecule has 1 aliphatic heterocycles. The minimum Gasteiger partial charge on any atom is -0.356 e. The third kappa shape index (κ3) is 3.70. The zero-order valence-electron chi connectivity index (χ0n) is 16.5. The van der Waals surface area contributed by atoms with Gasteiger partial charge in [0.1, 0.15) is 0 Å². The lowest BCUT2D eigenvalue weighted by Crippen LogP contribution is -2.41. The Hall–Kier alpha value is -2.95. The average Bonchev–Trinajstić information content (AvgIpc) is 2.74. The van der Waals surface area contributed by atoms with Crippen LogP contribution in [0.3, 0.4) is 0 Å². The van der Waals surface area contributed by atoms with E-state index in [4.69, 9.17) is 9.97 Å². The van der Waals surface area contributed by atoms with E-state index < -0.39 is 0 Å². The Morgan fingerprint density at radius 3 is 2.57 bits per heavy atom. The van der Waals surface area contributed by atoms with Crippen molar-refractivity contribution in [3.05, 3.63) is 54.1 Å². The molecule has 0 aliphatic carbocycles. The lowest BCUT2D eigenvalue weighted by atomic mass is 9.96. The fourth-order valence-electron chi connectivity index (χ4n) is 3.85. The number of aromatic nitrogens is 2. The largest absolute Gasteiger partial charge is 0.356 e. The topological polar surface area (TPSA) is 58.1 Å². The van der Waals surface area contributed by atoms with Crippen LogP contribution in [0.4, 0.5) is 5.95 Å². The molecule has 1 fully saturated rings. The molecule has 4 rings (SSSR count). The number of hydrogen-bond acceptors (Lipinski definition) is 4. The summed E-state index contributed by atoms with van der Waals surface area (Å²) in [5.41, 5.74) is 4.22. The van der Waals surface area contributed by atoms with Crippen molar-refractivity contribution < 1.29 is 4.79 Å². The predicted octanol–water partition coefficient (Wildman–Crippen LogP) is 3.96. The molecule has 1 N–H and O–H groups in total. The summed E-state index contributed by atoms with van der Waals surface area (Å²) < 4.78 is 0. The van der Waals surface area contributed by atoms with E-state index in [0.717, 1.165) is 54.0 Å². The first kappa shape index (κ1) is 18.4. The Balaban J connectivity index is 1.67. The second-order valence-electron chi connectivity index (χ2n) is 7.41. The summed E-state index contributed by atoms with van der Waals surface area (Å²) >= 11 is 0. The molecule has 144 valence electrons. The van der Waals surface area contributed by atoms with Gasteiger partial charge in [-0.05, 0) is 38.8 Å². The molecular formula is C23H26N4O. The van der Waals surface area contributed by atoms with E-state index in [2.05, 4.69) is 47.5 Å². The molecule has 28 heavy (non-hydrogen) atoms. The van der Waals surface area contributed by atoms with Crippen molar-refractivity contribution in [3.63, 3.8) is 0 Å². The molecule has 1 aliphatic rings. The second-order valence-corrected chi connectivity index (χ2v) is 7.41. The van der Waals surface area contributed by atoms with Crippen LogP contribution in [0.5, 0.6) is 0 Å². The molecule has 2 heterocycles. The van der Waals surface area contributed by atoms with Gasteiger partial charge in [0.15, 0.2) is 0 Å². The highest BCUT2D eigenvalue weighted by Gasteiger charge is 2.26. The molecule has 1 saturated heterocycles. The summed E-state index contributed by atoms with van der Waals surface area (Å²) in [6.07, 6.45) is 1.67. The van der Waals surface area contributed by atoms with Gasteiger partial charge in [-0.15, -0.1) is 0 Å². The van der Waals surface area contributed by atoms with Crippen LogP contribution in [-0.4, -0.2) is 35.5 Å². The molecule has 5 nitrogen and oxygen atoms in total. The monoisotopic (exact) mass is 374 g/mol. The number of carbonyl (C=O) groups excluding carboxylic acids is 1. The number of hydrogen-bond donors (Lipinski definition) is 1. The quantitative estimate of drug-likeness (QED) is 0.751. The van der Waals surface area contributed by atoms with E-state index in [0.29, 0.717) is 6.54 Å². The standard InChI is InChI=1S/C23H26N4O/c1-3-24-22(28)18-11-13-27(14-12-18)23-25-20-10-9-16(2)15-19(20)21(26-23)17-7-5-4-6-8-17/h4-10,15,18H,3,11-14H2,1-2H3,(H,24,28). The van der Waals surface area contributed by atoms with E-state index >= 15 is 0 Å². The number of benzene rings is 2. The van der Waals surface area contributed by atoms with Gasteiger partial charge in [-0.1, -0.05) is 42.0 Å². The van der Waals surface area contributed by atoms with Crippen molar-refractivity contribution in [1.29, 1.82) is 0 Å². The van der Waals surface area contributed by atoms with E-state index in [9.17, 15) is 4.79 Å². The molecule has 0 unspecified atom stereocenters. The zero-order chi connectivity index (χ0) is 19.5. The van der Waals surface area contributed by atoms with E-state index in [1.807, 2.05) is 25.1 Å². The molecule has 0 saturated carbocycles. The number of anilines is 1. The van der Waals surface area contributed by atoms with Crippen LogP contribution in [0.15, 0.2) is 48.5 Å². The fourth-order valence-corrected chi connectivity index (χ4v) is 3.85. The first-order valence-electron chi connectivity index (χ1n) is 10.0. The number of carbonyl (C=O) groups is 1. The summed E-state index contributed by atoms with van der Waals surface area (Å²) in [4.78, 5) is 24.1. The maximum absolute atomic E-state index is 12.1. The number of piperidine rings is 1. The first-order valence-corrected chi connectivity index (χ1v) is 10.0. The average molecular weight is 374 g/mol. The zero-order valence-corrected chi connectivity index (χ0v) is 16.5. The molecule has 2 aromatic carbocycles. The van der Waals surface area contributed by atoms with Gasteiger partial charge in [0.2, 0.25) is 11.9 Å². The van der Waals surface area contributed by atoms with Gasteiger partial charge in [-0.25, -0.2) is 9.97 Å². The molecule has 5 heteroatoms. The van der Waals surface area contributed by atoms with Crippen LogP contribution in [0.2, 0.25) is 0 Å². The van der Waals surface area contributed by atoms with Crippen LogP contribution in [-0.2, 0) is 4.79 Å². The highest BCUT2D eigenvalue weighted by molar-refractivity contribution is 5.93. The first-order chi connectivity index (χ1) is 13.7. The molecule has 0 spiro atoms. The third-order valence-electron chi connectivity index (χ3n) is 5.39. The van der Waals surface area contributed by atoms with Gasteiger partial charge in [-0.2, -0.15) is 0 Å². The van der Waals surface area contributed by atoms with Gasteiger partial charge < -0.3 is 10.2 Å². The lowest BCUT2D eigenvalue weighted by molar-refractivity contribution is -0.125. The Labute approximate surface area is 165 Å². The van der Waals surface area contributed by atoms with Crippen LogP contribution in [0, 0.1) is 12.8 Å². The summed E-state index contributed by atoms with van der Waals surface area (Å²) in [6, 6.07) is 16.6. The Kier molecular flexibility index (Phi) is 5.24.